The third kappa shape index (κ3) is 27.0. The van der Waals surface area contributed by atoms with Crippen LogP contribution in [-0.4, -0.2) is 12.6 Å². The van der Waals surface area contributed by atoms with Crippen molar-refractivity contribution in [1.29, 1.82) is 0 Å². The molecule has 32 heavy (non-hydrogen) atoms. The van der Waals surface area contributed by atoms with E-state index in [4.69, 9.17) is 4.74 Å². The van der Waals surface area contributed by atoms with E-state index in [9.17, 15) is 4.79 Å². The summed E-state index contributed by atoms with van der Waals surface area (Å²) < 4.78 is 5.37. The number of allylic oxidation sites excluding steroid dienone is 4. The first-order valence-corrected chi connectivity index (χ1v) is 14.3. The number of unbranched alkanes of at least 4 members (excludes halogenated alkanes) is 17. The lowest BCUT2D eigenvalue weighted by Crippen LogP contribution is -2.05. The van der Waals surface area contributed by atoms with Crippen molar-refractivity contribution in [2.45, 2.75) is 155 Å². The summed E-state index contributed by atoms with van der Waals surface area (Å²) in [6.45, 7) is 5.13. The second kappa shape index (κ2) is 28.0. The number of hydrogen-bond donors (Lipinski definition) is 0. The minimum Gasteiger partial charge on any atom is -0.466 e. The van der Waals surface area contributed by atoms with E-state index in [1.165, 1.54) is 103 Å². The van der Waals surface area contributed by atoms with Gasteiger partial charge in [-0.25, -0.2) is 0 Å². The highest BCUT2D eigenvalue weighted by molar-refractivity contribution is 5.69. The highest BCUT2D eigenvalue weighted by Crippen LogP contribution is 2.11. The lowest BCUT2D eigenvalue weighted by molar-refractivity contribution is -0.143. The number of rotatable bonds is 25. The van der Waals surface area contributed by atoms with E-state index in [1.807, 2.05) is 0 Å². The van der Waals surface area contributed by atoms with Crippen LogP contribution in [0.2, 0.25) is 0 Å². The number of ether oxygens (including phenoxy) is 1. The zero-order valence-corrected chi connectivity index (χ0v) is 21.9. The largest absolute Gasteiger partial charge is 0.466 e. The van der Waals surface area contributed by atoms with Crippen LogP contribution < -0.4 is 0 Å². The molecular formula is C30H56O2. The average Bonchev–Trinajstić information content (AvgIpc) is 2.80. The first kappa shape index (κ1) is 30.9. The molecule has 0 fully saturated rings. The van der Waals surface area contributed by atoms with Crippen LogP contribution in [0.1, 0.15) is 155 Å². The lowest BCUT2D eigenvalue weighted by Gasteiger charge is -2.05. The van der Waals surface area contributed by atoms with E-state index < -0.39 is 0 Å². The van der Waals surface area contributed by atoms with Gasteiger partial charge in [0.1, 0.15) is 0 Å². The summed E-state index contributed by atoms with van der Waals surface area (Å²) in [4.78, 5) is 11.8. The summed E-state index contributed by atoms with van der Waals surface area (Å²) in [6.07, 6.45) is 36.4. The molecule has 0 atom stereocenters. The van der Waals surface area contributed by atoms with Gasteiger partial charge in [0.05, 0.1) is 6.61 Å². The molecule has 0 saturated heterocycles. The quantitative estimate of drug-likeness (QED) is 0.0788. The number of hydrogen-bond acceptors (Lipinski definition) is 2. The van der Waals surface area contributed by atoms with Gasteiger partial charge in [0.15, 0.2) is 0 Å². The molecule has 0 radical (unpaired) electrons. The Labute approximate surface area is 201 Å². The van der Waals surface area contributed by atoms with Crippen LogP contribution in [0.4, 0.5) is 0 Å². The van der Waals surface area contributed by atoms with Gasteiger partial charge in [0.2, 0.25) is 0 Å². The predicted molar refractivity (Wildman–Crippen MR) is 142 cm³/mol. The lowest BCUT2D eigenvalue weighted by atomic mass is 10.1. The Morgan fingerprint density at radius 1 is 0.531 bits per heavy atom. The topological polar surface area (TPSA) is 26.3 Å². The molecule has 0 spiro atoms. The molecule has 0 aliphatic heterocycles. The van der Waals surface area contributed by atoms with Crippen LogP contribution >= 0.6 is 0 Å². The molecule has 0 unspecified atom stereocenters. The van der Waals surface area contributed by atoms with Gasteiger partial charge in [-0.3, -0.25) is 4.79 Å². The van der Waals surface area contributed by atoms with E-state index in [2.05, 4.69) is 38.2 Å². The first-order chi connectivity index (χ1) is 15.8. The van der Waals surface area contributed by atoms with Crippen LogP contribution in [0.5, 0.6) is 0 Å². The average molecular weight is 449 g/mol. The van der Waals surface area contributed by atoms with Gasteiger partial charge in [-0.15, -0.1) is 0 Å². The van der Waals surface area contributed by atoms with Gasteiger partial charge in [-0.05, 0) is 51.4 Å². The van der Waals surface area contributed by atoms with Crippen molar-refractivity contribution in [3.63, 3.8) is 0 Å². The Hall–Kier alpha value is -1.05. The van der Waals surface area contributed by atoms with Crippen molar-refractivity contribution in [1.82, 2.24) is 0 Å². The summed E-state index contributed by atoms with van der Waals surface area (Å²) in [5.41, 5.74) is 0. The van der Waals surface area contributed by atoms with Gasteiger partial charge in [0.25, 0.3) is 0 Å². The van der Waals surface area contributed by atoms with Crippen LogP contribution in [0.3, 0.4) is 0 Å². The third-order valence-corrected chi connectivity index (χ3v) is 6.09. The van der Waals surface area contributed by atoms with E-state index in [-0.39, 0.29) is 5.97 Å². The molecule has 0 heterocycles. The van der Waals surface area contributed by atoms with E-state index in [1.54, 1.807) is 0 Å². The van der Waals surface area contributed by atoms with Crippen molar-refractivity contribution < 1.29 is 9.53 Å². The molecule has 0 saturated carbocycles. The van der Waals surface area contributed by atoms with E-state index >= 15 is 0 Å². The third-order valence-electron chi connectivity index (χ3n) is 6.09. The Morgan fingerprint density at radius 3 is 1.50 bits per heavy atom. The van der Waals surface area contributed by atoms with Crippen molar-refractivity contribution >= 4 is 5.97 Å². The minimum atomic E-state index is 0.000545. The van der Waals surface area contributed by atoms with E-state index in [0.717, 1.165) is 32.1 Å². The Kier molecular flexibility index (Phi) is 27.1. The van der Waals surface area contributed by atoms with Gasteiger partial charge in [-0.2, -0.15) is 0 Å². The smallest absolute Gasteiger partial charge is 0.305 e. The summed E-state index contributed by atoms with van der Waals surface area (Å²) in [5, 5.41) is 0. The van der Waals surface area contributed by atoms with Gasteiger partial charge >= 0.3 is 5.97 Å². The molecule has 0 aromatic rings. The molecule has 2 heteroatoms. The summed E-state index contributed by atoms with van der Waals surface area (Å²) in [5.74, 6) is 0.000545. The highest BCUT2D eigenvalue weighted by Gasteiger charge is 2.02. The van der Waals surface area contributed by atoms with Gasteiger partial charge in [0, 0.05) is 6.42 Å². The second-order valence-electron chi connectivity index (χ2n) is 9.38. The fourth-order valence-corrected chi connectivity index (χ4v) is 3.93. The zero-order chi connectivity index (χ0) is 23.4. The summed E-state index contributed by atoms with van der Waals surface area (Å²) in [6, 6.07) is 0. The number of esters is 1. The van der Waals surface area contributed by atoms with Crippen molar-refractivity contribution in [3.8, 4) is 0 Å². The number of carbonyl (C=O) groups is 1. The number of carbonyl (C=O) groups excluding carboxylic acids is 1. The molecular weight excluding hydrogens is 392 g/mol. The Morgan fingerprint density at radius 2 is 0.969 bits per heavy atom. The maximum absolute atomic E-state index is 11.8. The van der Waals surface area contributed by atoms with Gasteiger partial charge in [-0.1, -0.05) is 122 Å². The Balaban J connectivity index is 3.26. The molecule has 0 aromatic heterocycles. The van der Waals surface area contributed by atoms with Crippen molar-refractivity contribution in [2.75, 3.05) is 6.61 Å². The minimum absolute atomic E-state index is 0.000545. The maximum atomic E-state index is 11.8. The van der Waals surface area contributed by atoms with Crippen LogP contribution in [0.15, 0.2) is 24.3 Å². The molecule has 0 aliphatic rings. The molecule has 188 valence electrons. The standard InChI is InChI=1S/C30H56O2/c1-3-5-7-9-11-13-14-15-16-17-18-19-21-23-25-27-29-32-30(31)28-26-24-22-20-12-10-8-6-4-2/h15-16,18-19H,3-14,17,20-29H2,1-2H3/b16-15-,19-18-. The fraction of sp³-hybridized carbons (Fsp3) is 0.833. The molecule has 0 N–H and O–H groups in total. The zero-order valence-electron chi connectivity index (χ0n) is 21.9. The first-order valence-electron chi connectivity index (χ1n) is 14.3. The SMILES string of the molecule is CCCCCCCC/C=C\C/C=C\CCCCCOC(=O)CCCCCCCCCCC. The van der Waals surface area contributed by atoms with Gasteiger partial charge < -0.3 is 4.74 Å². The summed E-state index contributed by atoms with van der Waals surface area (Å²) in [7, 11) is 0. The van der Waals surface area contributed by atoms with Crippen molar-refractivity contribution in [2.24, 2.45) is 0 Å². The monoisotopic (exact) mass is 448 g/mol. The van der Waals surface area contributed by atoms with Crippen LogP contribution in [-0.2, 0) is 9.53 Å². The molecule has 0 amide bonds. The Bertz CT molecular complexity index is 425. The predicted octanol–water partition coefficient (Wildman–Crippen LogP) is 10.3. The highest BCUT2D eigenvalue weighted by atomic mass is 16.5. The maximum Gasteiger partial charge on any atom is 0.305 e. The summed E-state index contributed by atoms with van der Waals surface area (Å²) >= 11 is 0. The van der Waals surface area contributed by atoms with Crippen LogP contribution in [0, 0.1) is 0 Å². The normalized spacial score (nSPS) is 11.7. The van der Waals surface area contributed by atoms with Crippen molar-refractivity contribution in [3.05, 3.63) is 24.3 Å². The molecule has 0 bridgehead atoms. The molecule has 0 aliphatic carbocycles. The molecule has 2 nitrogen and oxygen atoms in total. The fourth-order valence-electron chi connectivity index (χ4n) is 3.93. The second-order valence-corrected chi connectivity index (χ2v) is 9.38. The molecule has 0 aromatic carbocycles. The van der Waals surface area contributed by atoms with Crippen LogP contribution in [0.25, 0.3) is 0 Å². The molecule has 0 rings (SSSR count). The van der Waals surface area contributed by atoms with E-state index in [0.29, 0.717) is 13.0 Å².